The van der Waals surface area contributed by atoms with Crippen molar-refractivity contribution in [2.45, 2.75) is 45.7 Å². The Morgan fingerprint density at radius 1 is 1.06 bits per heavy atom. The van der Waals surface area contributed by atoms with Gasteiger partial charge in [-0.15, -0.1) is 0 Å². The maximum absolute atomic E-state index is 13.2. The third-order valence-corrected chi connectivity index (χ3v) is 6.13. The van der Waals surface area contributed by atoms with Crippen molar-refractivity contribution in [3.63, 3.8) is 0 Å². The van der Waals surface area contributed by atoms with Gasteiger partial charge >= 0.3 is 0 Å². The highest BCUT2D eigenvalue weighted by atomic mass is 16.5. The van der Waals surface area contributed by atoms with E-state index in [9.17, 15) is 14.7 Å². The van der Waals surface area contributed by atoms with Gasteiger partial charge in [0.1, 0.15) is 11.5 Å². The number of benzene rings is 2. The summed E-state index contributed by atoms with van der Waals surface area (Å²) in [5, 5.41) is 11.2. The minimum Gasteiger partial charge on any atom is -0.507 e. The number of carbonyl (C=O) groups is 2. The molecule has 0 spiro atoms. The molecule has 180 valence electrons. The molecule has 0 saturated carbocycles. The second kappa shape index (κ2) is 11.0. The zero-order valence-electron chi connectivity index (χ0n) is 20.1. The number of carbonyl (C=O) groups excluding carboxylic acids is 2. The van der Waals surface area contributed by atoms with Crippen molar-refractivity contribution < 1.29 is 19.4 Å². The average molecular weight is 471 g/mol. The standard InChI is InChI=1S/C29H30N2O4/c1-3-4-5-16-35-24-10-6-9-23(17-24)26-25(27(32)22-13-11-20(2)12-14-22)28(33)29(34)31(26)19-21-8-7-15-30-18-21/h6-15,17-18,26,32H,3-5,16,19H2,1-2H3. The number of ketones is 1. The summed E-state index contributed by atoms with van der Waals surface area (Å²) >= 11 is 0. The van der Waals surface area contributed by atoms with Gasteiger partial charge in [-0.1, -0.05) is 67.8 Å². The number of Topliss-reactive ketones (excluding diaryl/α,β-unsaturated/α-hetero) is 1. The maximum atomic E-state index is 13.2. The average Bonchev–Trinajstić information content (AvgIpc) is 3.12. The number of aromatic nitrogens is 1. The van der Waals surface area contributed by atoms with Gasteiger partial charge in [-0.05, 0) is 42.7 Å². The molecule has 1 aliphatic rings. The Labute approximate surface area is 205 Å². The number of amides is 1. The fourth-order valence-electron chi connectivity index (χ4n) is 4.26. The lowest BCUT2D eigenvalue weighted by Crippen LogP contribution is -2.29. The Balaban J connectivity index is 1.77. The normalized spacial score (nSPS) is 17.1. The molecular formula is C29H30N2O4. The zero-order chi connectivity index (χ0) is 24.8. The summed E-state index contributed by atoms with van der Waals surface area (Å²) in [4.78, 5) is 32.1. The van der Waals surface area contributed by atoms with Crippen LogP contribution >= 0.6 is 0 Å². The van der Waals surface area contributed by atoms with E-state index < -0.39 is 17.7 Å². The van der Waals surface area contributed by atoms with E-state index in [4.69, 9.17) is 4.74 Å². The highest BCUT2D eigenvalue weighted by Crippen LogP contribution is 2.41. The van der Waals surface area contributed by atoms with Crippen LogP contribution in [0.15, 0.2) is 78.6 Å². The van der Waals surface area contributed by atoms with Crippen LogP contribution in [0.5, 0.6) is 5.75 Å². The summed E-state index contributed by atoms with van der Waals surface area (Å²) in [6.07, 6.45) is 6.47. The number of aryl methyl sites for hydroxylation is 1. The molecule has 1 N–H and O–H groups in total. The van der Waals surface area contributed by atoms with E-state index in [2.05, 4.69) is 11.9 Å². The number of hydrogen-bond acceptors (Lipinski definition) is 5. The first-order valence-electron chi connectivity index (χ1n) is 12.0. The monoisotopic (exact) mass is 470 g/mol. The minimum absolute atomic E-state index is 0.0749. The molecular weight excluding hydrogens is 440 g/mol. The third-order valence-electron chi connectivity index (χ3n) is 6.13. The number of pyridine rings is 1. The highest BCUT2D eigenvalue weighted by molar-refractivity contribution is 6.46. The molecule has 0 radical (unpaired) electrons. The van der Waals surface area contributed by atoms with Crippen molar-refractivity contribution in [3.8, 4) is 5.75 Å². The molecule has 35 heavy (non-hydrogen) atoms. The molecule has 2 aromatic carbocycles. The van der Waals surface area contributed by atoms with Crippen LogP contribution in [-0.2, 0) is 16.1 Å². The van der Waals surface area contributed by atoms with E-state index in [1.165, 1.54) is 4.90 Å². The molecule has 1 atom stereocenters. The van der Waals surface area contributed by atoms with Crippen molar-refractivity contribution in [2.75, 3.05) is 6.61 Å². The molecule has 1 amide bonds. The van der Waals surface area contributed by atoms with Gasteiger partial charge in [0.25, 0.3) is 11.7 Å². The number of hydrogen-bond donors (Lipinski definition) is 1. The Kier molecular flexibility index (Phi) is 7.60. The SMILES string of the molecule is CCCCCOc1cccc(C2C(=C(O)c3ccc(C)cc3)C(=O)C(=O)N2Cc2cccnc2)c1. The molecule has 1 fully saturated rings. The topological polar surface area (TPSA) is 79.7 Å². The largest absolute Gasteiger partial charge is 0.507 e. The number of rotatable bonds is 9. The van der Waals surface area contributed by atoms with Gasteiger partial charge in [0.15, 0.2) is 0 Å². The molecule has 1 aliphatic heterocycles. The van der Waals surface area contributed by atoms with Gasteiger partial charge in [0, 0.05) is 24.5 Å². The van der Waals surface area contributed by atoms with Crippen molar-refractivity contribution in [3.05, 3.63) is 101 Å². The first-order chi connectivity index (χ1) is 17.0. The van der Waals surface area contributed by atoms with Crippen LogP contribution < -0.4 is 4.74 Å². The molecule has 0 aliphatic carbocycles. The van der Waals surface area contributed by atoms with Gasteiger partial charge in [0.05, 0.1) is 18.2 Å². The summed E-state index contributed by atoms with van der Waals surface area (Å²) in [6.45, 7) is 4.87. The molecule has 3 aromatic rings. The number of ether oxygens (including phenoxy) is 1. The van der Waals surface area contributed by atoms with Crippen molar-refractivity contribution in [2.24, 2.45) is 0 Å². The van der Waals surface area contributed by atoms with E-state index in [-0.39, 0.29) is 17.9 Å². The second-order valence-electron chi connectivity index (χ2n) is 8.78. The van der Waals surface area contributed by atoms with Gasteiger partial charge in [-0.3, -0.25) is 14.6 Å². The first kappa shape index (κ1) is 24.2. The lowest BCUT2D eigenvalue weighted by Gasteiger charge is -2.25. The van der Waals surface area contributed by atoms with E-state index >= 15 is 0 Å². The molecule has 1 aromatic heterocycles. The molecule has 6 heteroatoms. The first-order valence-corrected chi connectivity index (χ1v) is 12.0. The van der Waals surface area contributed by atoms with Crippen LogP contribution in [0, 0.1) is 6.92 Å². The van der Waals surface area contributed by atoms with Crippen LogP contribution in [0.1, 0.15) is 54.5 Å². The zero-order valence-corrected chi connectivity index (χ0v) is 20.1. The summed E-state index contributed by atoms with van der Waals surface area (Å²) in [5.74, 6) is -0.870. The van der Waals surface area contributed by atoms with Crippen molar-refractivity contribution >= 4 is 17.4 Å². The highest BCUT2D eigenvalue weighted by Gasteiger charge is 2.46. The predicted molar refractivity (Wildman–Crippen MR) is 135 cm³/mol. The Hall–Kier alpha value is -3.93. The van der Waals surface area contributed by atoms with Gasteiger partial charge in [0.2, 0.25) is 0 Å². The number of aliphatic hydroxyl groups excluding tert-OH is 1. The number of nitrogens with zero attached hydrogens (tertiary/aromatic N) is 2. The number of likely N-dealkylation sites (tertiary alicyclic amines) is 1. The molecule has 4 rings (SSSR count). The fraction of sp³-hybridized carbons (Fsp3) is 0.276. The van der Waals surface area contributed by atoms with E-state index in [0.717, 1.165) is 30.4 Å². The van der Waals surface area contributed by atoms with Crippen LogP contribution in [0.4, 0.5) is 0 Å². The minimum atomic E-state index is -0.754. The summed E-state index contributed by atoms with van der Waals surface area (Å²) in [5.41, 5.74) is 3.09. The smallest absolute Gasteiger partial charge is 0.295 e. The third kappa shape index (κ3) is 5.43. The van der Waals surface area contributed by atoms with Crippen molar-refractivity contribution in [1.29, 1.82) is 0 Å². The Bertz CT molecular complexity index is 1220. The van der Waals surface area contributed by atoms with Gasteiger partial charge < -0.3 is 14.7 Å². The molecule has 1 saturated heterocycles. The Morgan fingerprint density at radius 3 is 2.57 bits per heavy atom. The molecule has 0 bridgehead atoms. The van der Waals surface area contributed by atoms with E-state index in [0.29, 0.717) is 23.5 Å². The molecule has 2 heterocycles. The van der Waals surface area contributed by atoms with E-state index in [1.54, 1.807) is 30.6 Å². The van der Waals surface area contributed by atoms with Gasteiger partial charge in [-0.25, -0.2) is 0 Å². The summed E-state index contributed by atoms with van der Waals surface area (Å²) in [6, 6.07) is 17.5. The summed E-state index contributed by atoms with van der Waals surface area (Å²) in [7, 11) is 0. The lowest BCUT2D eigenvalue weighted by atomic mass is 9.94. The fourth-order valence-corrected chi connectivity index (χ4v) is 4.26. The lowest BCUT2D eigenvalue weighted by molar-refractivity contribution is -0.140. The van der Waals surface area contributed by atoms with Crippen molar-refractivity contribution in [1.82, 2.24) is 9.88 Å². The van der Waals surface area contributed by atoms with Crippen LogP contribution in [0.2, 0.25) is 0 Å². The quantitative estimate of drug-likeness (QED) is 0.191. The van der Waals surface area contributed by atoms with Gasteiger partial charge in [-0.2, -0.15) is 0 Å². The Morgan fingerprint density at radius 2 is 1.86 bits per heavy atom. The maximum Gasteiger partial charge on any atom is 0.295 e. The summed E-state index contributed by atoms with van der Waals surface area (Å²) < 4.78 is 5.93. The second-order valence-corrected chi connectivity index (χ2v) is 8.78. The predicted octanol–water partition coefficient (Wildman–Crippen LogP) is 5.58. The molecule has 6 nitrogen and oxygen atoms in total. The van der Waals surface area contributed by atoms with Crippen LogP contribution in [0.25, 0.3) is 5.76 Å². The number of unbranched alkanes of at least 4 members (excludes halogenated alkanes) is 2. The van der Waals surface area contributed by atoms with Crippen LogP contribution in [-0.4, -0.2) is 33.3 Å². The molecule has 1 unspecified atom stereocenters. The van der Waals surface area contributed by atoms with Crippen LogP contribution in [0.3, 0.4) is 0 Å². The van der Waals surface area contributed by atoms with E-state index in [1.807, 2.05) is 49.4 Å². The number of aliphatic hydroxyl groups is 1.